The summed E-state index contributed by atoms with van der Waals surface area (Å²) in [6.45, 7) is 3.10. The number of fused-ring (bicyclic) bond motifs is 2. The average molecular weight is 250 g/mol. The quantitative estimate of drug-likeness (QED) is 0.800. The summed E-state index contributed by atoms with van der Waals surface area (Å²) in [6.07, 6.45) is 8.84. The fraction of sp³-hybridized carbons (Fsp3) is 0.933. The van der Waals surface area contributed by atoms with Crippen LogP contribution in [0.1, 0.15) is 44.9 Å². The van der Waals surface area contributed by atoms with E-state index < -0.39 is 0 Å². The molecule has 4 unspecified atom stereocenters. The molecule has 0 aromatic rings. The van der Waals surface area contributed by atoms with Gasteiger partial charge in [0, 0.05) is 13.0 Å². The standard InChI is InChI=1S/C15H26N2O/c18-15(8-12-2-1-5-16-9-12)17-10-14-7-11-3-4-13(14)6-11/h11-14,16H,1-10H2,(H,17,18). The lowest BCUT2D eigenvalue weighted by Crippen LogP contribution is -2.36. The molecule has 1 aliphatic heterocycles. The maximum absolute atomic E-state index is 11.9. The Morgan fingerprint density at radius 3 is 2.83 bits per heavy atom. The first-order valence-corrected chi connectivity index (χ1v) is 7.78. The van der Waals surface area contributed by atoms with Gasteiger partial charge in [-0.25, -0.2) is 0 Å². The van der Waals surface area contributed by atoms with E-state index in [1.165, 1.54) is 38.5 Å². The molecule has 2 aliphatic carbocycles. The van der Waals surface area contributed by atoms with Gasteiger partial charge in [-0.3, -0.25) is 4.79 Å². The highest BCUT2D eigenvalue weighted by atomic mass is 16.1. The second-order valence-electron chi connectivity index (χ2n) is 6.66. The highest BCUT2D eigenvalue weighted by molar-refractivity contribution is 5.76. The second kappa shape index (κ2) is 5.60. The van der Waals surface area contributed by atoms with E-state index in [4.69, 9.17) is 0 Å². The summed E-state index contributed by atoms with van der Waals surface area (Å²) in [4.78, 5) is 11.9. The van der Waals surface area contributed by atoms with Crippen LogP contribution < -0.4 is 10.6 Å². The molecule has 3 fully saturated rings. The first-order chi connectivity index (χ1) is 8.81. The molecule has 3 heteroatoms. The Hall–Kier alpha value is -0.570. The summed E-state index contributed by atoms with van der Waals surface area (Å²) in [6, 6.07) is 0. The number of hydrogen-bond acceptors (Lipinski definition) is 2. The fourth-order valence-electron chi connectivity index (χ4n) is 4.30. The largest absolute Gasteiger partial charge is 0.356 e. The van der Waals surface area contributed by atoms with Crippen LogP contribution in [0.15, 0.2) is 0 Å². The molecule has 2 bridgehead atoms. The second-order valence-corrected chi connectivity index (χ2v) is 6.66. The summed E-state index contributed by atoms with van der Waals surface area (Å²) >= 11 is 0. The molecule has 0 spiro atoms. The number of piperidine rings is 1. The van der Waals surface area contributed by atoms with Gasteiger partial charge in [0.05, 0.1) is 0 Å². The third kappa shape index (κ3) is 2.87. The van der Waals surface area contributed by atoms with Crippen LogP contribution in [0.25, 0.3) is 0 Å². The van der Waals surface area contributed by atoms with E-state index in [1.54, 1.807) is 0 Å². The van der Waals surface area contributed by atoms with E-state index in [9.17, 15) is 4.79 Å². The molecule has 18 heavy (non-hydrogen) atoms. The minimum absolute atomic E-state index is 0.284. The van der Waals surface area contributed by atoms with Gasteiger partial charge in [0.25, 0.3) is 0 Å². The third-order valence-corrected chi connectivity index (χ3v) is 5.32. The van der Waals surface area contributed by atoms with E-state index in [2.05, 4.69) is 10.6 Å². The summed E-state index contributed by atoms with van der Waals surface area (Å²) in [5.74, 6) is 3.55. The first kappa shape index (κ1) is 12.5. The highest BCUT2D eigenvalue weighted by Gasteiger charge is 2.39. The molecule has 0 aromatic heterocycles. The van der Waals surface area contributed by atoms with Crippen molar-refractivity contribution in [1.29, 1.82) is 0 Å². The van der Waals surface area contributed by atoms with Crippen molar-refractivity contribution in [3.63, 3.8) is 0 Å². The van der Waals surface area contributed by atoms with Gasteiger partial charge in [0.2, 0.25) is 5.91 Å². The monoisotopic (exact) mass is 250 g/mol. The average Bonchev–Trinajstić information content (AvgIpc) is 3.00. The van der Waals surface area contributed by atoms with E-state index >= 15 is 0 Å². The van der Waals surface area contributed by atoms with Gasteiger partial charge in [-0.15, -0.1) is 0 Å². The van der Waals surface area contributed by atoms with Gasteiger partial charge >= 0.3 is 0 Å². The molecule has 1 heterocycles. The van der Waals surface area contributed by atoms with Crippen LogP contribution in [0.4, 0.5) is 0 Å². The summed E-state index contributed by atoms with van der Waals surface area (Å²) in [5.41, 5.74) is 0. The molecular weight excluding hydrogens is 224 g/mol. The first-order valence-electron chi connectivity index (χ1n) is 7.78. The highest BCUT2D eigenvalue weighted by Crippen LogP contribution is 2.47. The van der Waals surface area contributed by atoms with Crippen LogP contribution in [-0.4, -0.2) is 25.5 Å². The Labute approximate surface area is 110 Å². The van der Waals surface area contributed by atoms with Crippen molar-refractivity contribution in [2.24, 2.45) is 23.7 Å². The van der Waals surface area contributed by atoms with Crippen molar-refractivity contribution in [3.05, 3.63) is 0 Å². The molecule has 1 amide bonds. The maximum Gasteiger partial charge on any atom is 0.220 e. The number of hydrogen-bond donors (Lipinski definition) is 2. The Balaban J connectivity index is 1.36. The van der Waals surface area contributed by atoms with Crippen molar-refractivity contribution >= 4 is 5.91 Å². The van der Waals surface area contributed by atoms with Gasteiger partial charge in [-0.2, -0.15) is 0 Å². The molecule has 1 saturated heterocycles. The molecule has 3 aliphatic rings. The zero-order chi connectivity index (χ0) is 12.4. The lowest BCUT2D eigenvalue weighted by molar-refractivity contribution is -0.122. The number of nitrogens with one attached hydrogen (secondary N) is 2. The van der Waals surface area contributed by atoms with Crippen LogP contribution in [0, 0.1) is 23.7 Å². The molecule has 2 saturated carbocycles. The smallest absolute Gasteiger partial charge is 0.220 e. The molecule has 102 valence electrons. The van der Waals surface area contributed by atoms with Crippen molar-refractivity contribution in [2.45, 2.75) is 44.9 Å². The molecule has 2 N–H and O–H groups in total. The van der Waals surface area contributed by atoms with Crippen molar-refractivity contribution < 1.29 is 4.79 Å². The van der Waals surface area contributed by atoms with E-state index in [-0.39, 0.29) is 5.91 Å². The molecule has 0 radical (unpaired) electrons. The summed E-state index contributed by atoms with van der Waals surface area (Å²) in [5, 5.41) is 6.57. The van der Waals surface area contributed by atoms with Gasteiger partial charge in [0.15, 0.2) is 0 Å². The van der Waals surface area contributed by atoms with Crippen LogP contribution in [-0.2, 0) is 4.79 Å². The minimum Gasteiger partial charge on any atom is -0.356 e. The van der Waals surface area contributed by atoms with Gasteiger partial charge < -0.3 is 10.6 Å². The zero-order valence-corrected chi connectivity index (χ0v) is 11.3. The molecular formula is C15H26N2O. The third-order valence-electron chi connectivity index (χ3n) is 5.32. The van der Waals surface area contributed by atoms with Crippen molar-refractivity contribution in [1.82, 2.24) is 10.6 Å². The Morgan fingerprint density at radius 2 is 2.17 bits per heavy atom. The van der Waals surface area contributed by atoms with Gasteiger partial charge in [-0.1, -0.05) is 6.42 Å². The number of carbonyl (C=O) groups is 1. The Morgan fingerprint density at radius 1 is 1.22 bits per heavy atom. The van der Waals surface area contributed by atoms with Crippen molar-refractivity contribution in [2.75, 3.05) is 19.6 Å². The van der Waals surface area contributed by atoms with E-state index in [0.717, 1.165) is 43.8 Å². The van der Waals surface area contributed by atoms with Crippen LogP contribution in [0.3, 0.4) is 0 Å². The number of amides is 1. The summed E-state index contributed by atoms with van der Waals surface area (Å²) in [7, 11) is 0. The lowest BCUT2D eigenvalue weighted by atomic mass is 9.88. The lowest BCUT2D eigenvalue weighted by Gasteiger charge is -2.24. The zero-order valence-electron chi connectivity index (χ0n) is 11.3. The summed E-state index contributed by atoms with van der Waals surface area (Å²) < 4.78 is 0. The fourth-order valence-corrected chi connectivity index (χ4v) is 4.30. The normalized spacial score (nSPS) is 38.9. The Kier molecular flexibility index (Phi) is 3.88. The molecule has 0 aromatic carbocycles. The topological polar surface area (TPSA) is 41.1 Å². The molecule has 3 rings (SSSR count). The minimum atomic E-state index is 0.284. The van der Waals surface area contributed by atoms with Crippen molar-refractivity contribution in [3.8, 4) is 0 Å². The number of carbonyl (C=O) groups excluding carboxylic acids is 1. The SMILES string of the molecule is O=C(CC1CCCNC1)NCC1CC2CCC1C2. The predicted molar refractivity (Wildman–Crippen MR) is 72.2 cm³/mol. The van der Waals surface area contributed by atoms with Gasteiger partial charge in [0.1, 0.15) is 0 Å². The maximum atomic E-state index is 11.9. The Bertz CT molecular complexity index is 299. The number of rotatable bonds is 4. The van der Waals surface area contributed by atoms with E-state index in [0.29, 0.717) is 5.92 Å². The predicted octanol–water partition coefficient (Wildman–Crippen LogP) is 1.93. The van der Waals surface area contributed by atoms with Gasteiger partial charge in [-0.05, 0) is 68.9 Å². The van der Waals surface area contributed by atoms with Crippen LogP contribution in [0.2, 0.25) is 0 Å². The van der Waals surface area contributed by atoms with Crippen LogP contribution >= 0.6 is 0 Å². The molecule has 3 nitrogen and oxygen atoms in total. The van der Waals surface area contributed by atoms with Crippen LogP contribution in [0.5, 0.6) is 0 Å². The molecule has 4 atom stereocenters. The van der Waals surface area contributed by atoms with E-state index in [1.807, 2.05) is 0 Å².